The third-order valence-corrected chi connectivity index (χ3v) is 5.28. The van der Waals surface area contributed by atoms with Crippen LogP contribution in [0.2, 0.25) is 5.02 Å². The maximum Gasteiger partial charge on any atom is 0.248 e. The molecule has 24 heavy (non-hydrogen) atoms. The van der Waals surface area contributed by atoms with Gasteiger partial charge in [-0.25, -0.2) is 13.1 Å². The van der Waals surface area contributed by atoms with E-state index in [-0.39, 0.29) is 22.4 Å². The standard InChI is InChI=1S/C16H14ClN3O3S/c1-11-6-2-3-7-12(11)16-20-19-15(23-16)10-18-24(21,22)14-9-5-4-8-13(14)17/h2-9,18H,10H2,1H3. The first-order chi connectivity index (χ1) is 11.5. The number of benzene rings is 2. The van der Waals surface area contributed by atoms with Gasteiger partial charge in [-0.15, -0.1) is 10.2 Å². The molecule has 0 atom stereocenters. The fraction of sp³-hybridized carbons (Fsp3) is 0.125. The van der Waals surface area contributed by atoms with Gasteiger partial charge in [-0.1, -0.05) is 41.9 Å². The van der Waals surface area contributed by atoms with Crippen LogP contribution < -0.4 is 4.72 Å². The van der Waals surface area contributed by atoms with Crippen molar-refractivity contribution < 1.29 is 12.8 Å². The van der Waals surface area contributed by atoms with Gasteiger partial charge in [0.1, 0.15) is 4.90 Å². The molecule has 0 saturated heterocycles. The van der Waals surface area contributed by atoms with E-state index in [2.05, 4.69) is 14.9 Å². The van der Waals surface area contributed by atoms with Gasteiger partial charge in [-0.2, -0.15) is 0 Å². The summed E-state index contributed by atoms with van der Waals surface area (Å²) in [4.78, 5) is 0.00492. The summed E-state index contributed by atoms with van der Waals surface area (Å²) in [6.45, 7) is 1.81. The van der Waals surface area contributed by atoms with Gasteiger partial charge in [0.25, 0.3) is 0 Å². The summed E-state index contributed by atoms with van der Waals surface area (Å²) < 4.78 is 32.5. The second-order valence-corrected chi connectivity index (χ2v) is 7.21. The molecule has 1 heterocycles. The Morgan fingerprint density at radius 2 is 1.79 bits per heavy atom. The summed E-state index contributed by atoms with van der Waals surface area (Å²) in [6.07, 6.45) is 0. The molecule has 0 aliphatic rings. The maximum absolute atomic E-state index is 12.3. The average Bonchev–Trinajstić information content (AvgIpc) is 3.02. The second kappa shape index (κ2) is 6.72. The van der Waals surface area contributed by atoms with Gasteiger partial charge >= 0.3 is 0 Å². The van der Waals surface area contributed by atoms with Crippen LogP contribution in [-0.4, -0.2) is 18.6 Å². The van der Waals surface area contributed by atoms with Crippen molar-refractivity contribution in [1.29, 1.82) is 0 Å². The van der Waals surface area contributed by atoms with Crippen LogP contribution in [0.4, 0.5) is 0 Å². The largest absolute Gasteiger partial charge is 0.419 e. The lowest BCUT2D eigenvalue weighted by Gasteiger charge is -2.06. The molecule has 0 fully saturated rings. The summed E-state index contributed by atoms with van der Waals surface area (Å²) in [6, 6.07) is 13.8. The predicted octanol–water partition coefficient (Wildman–Crippen LogP) is 3.18. The number of nitrogens with one attached hydrogen (secondary N) is 1. The third kappa shape index (κ3) is 3.48. The topological polar surface area (TPSA) is 85.1 Å². The van der Waals surface area contributed by atoms with Gasteiger partial charge in [0, 0.05) is 5.56 Å². The Bertz CT molecular complexity index is 970. The highest BCUT2D eigenvalue weighted by atomic mass is 35.5. The number of halogens is 1. The van der Waals surface area contributed by atoms with Gasteiger partial charge < -0.3 is 4.42 Å². The molecule has 0 spiro atoms. The minimum Gasteiger partial charge on any atom is -0.419 e. The van der Waals surface area contributed by atoms with Crippen molar-refractivity contribution in [1.82, 2.24) is 14.9 Å². The van der Waals surface area contributed by atoms with Crippen LogP contribution in [0.5, 0.6) is 0 Å². The fourth-order valence-corrected chi connectivity index (χ4v) is 3.64. The van der Waals surface area contributed by atoms with Gasteiger partial charge in [0.05, 0.1) is 11.6 Å². The molecule has 6 nitrogen and oxygen atoms in total. The highest BCUT2D eigenvalue weighted by Gasteiger charge is 2.19. The monoisotopic (exact) mass is 363 g/mol. The van der Waals surface area contributed by atoms with Crippen molar-refractivity contribution in [3.05, 3.63) is 65.0 Å². The molecule has 0 bridgehead atoms. The van der Waals surface area contributed by atoms with Gasteiger partial charge in [-0.05, 0) is 30.7 Å². The molecular weight excluding hydrogens is 350 g/mol. The number of hydrogen-bond acceptors (Lipinski definition) is 5. The molecule has 1 aromatic heterocycles. The molecule has 1 N–H and O–H groups in total. The number of sulfonamides is 1. The van der Waals surface area contributed by atoms with Crippen LogP contribution in [0.3, 0.4) is 0 Å². The number of rotatable bonds is 5. The van der Waals surface area contributed by atoms with E-state index >= 15 is 0 Å². The molecule has 0 aliphatic carbocycles. The Morgan fingerprint density at radius 3 is 2.54 bits per heavy atom. The summed E-state index contributed by atoms with van der Waals surface area (Å²) in [5.41, 5.74) is 1.80. The maximum atomic E-state index is 12.3. The second-order valence-electron chi connectivity index (χ2n) is 5.07. The van der Waals surface area contributed by atoms with E-state index in [1.807, 2.05) is 31.2 Å². The lowest BCUT2D eigenvalue weighted by atomic mass is 10.1. The van der Waals surface area contributed by atoms with Crippen molar-refractivity contribution >= 4 is 21.6 Å². The molecule has 0 saturated carbocycles. The first-order valence-corrected chi connectivity index (χ1v) is 8.96. The molecule has 0 unspecified atom stereocenters. The molecule has 3 rings (SSSR count). The van der Waals surface area contributed by atoms with E-state index in [1.165, 1.54) is 12.1 Å². The molecular formula is C16H14ClN3O3S. The van der Waals surface area contributed by atoms with E-state index in [4.69, 9.17) is 16.0 Å². The summed E-state index contributed by atoms with van der Waals surface area (Å²) in [7, 11) is -3.76. The van der Waals surface area contributed by atoms with Crippen LogP contribution >= 0.6 is 11.6 Å². The van der Waals surface area contributed by atoms with Crippen molar-refractivity contribution in [2.75, 3.05) is 0 Å². The van der Waals surface area contributed by atoms with Crippen LogP contribution in [0.15, 0.2) is 57.8 Å². The Hall–Kier alpha value is -2.22. The van der Waals surface area contributed by atoms with Gasteiger partial charge in [0.15, 0.2) is 0 Å². The van der Waals surface area contributed by atoms with Crippen LogP contribution in [-0.2, 0) is 16.6 Å². The predicted molar refractivity (Wildman–Crippen MR) is 89.9 cm³/mol. The summed E-state index contributed by atoms with van der Waals surface area (Å²) >= 11 is 5.92. The average molecular weight is 364 g/mol. The lowest BCUT2D eigenvalue weighted by molar-refractivity contribution is 0.494. The summed E-state index contributed by atoms with van der Waals surface area (Å²) in [5, 5.41) is 7.99. The quantitative estimate of drug-likeness (QED) is 0.752. The Kier molecular flexibility index (Phi) is 4.66. The van der Waals surface area contributed by atoms with Crippen molar-refractivity contribution in [3.63, 3.8) is 0 Å². The highest BCUT2D eigenvalue weighted by molar-refractivity contribution is 7.89. The van der Waals surface area contributed by atoms with E-state index < -0.39 is 10.0 Å². The minimum atomic E-state index is -3.76. The molecule has 2 aromatic carbocycles. The Labute approximate surface area is 144 Å². The van der Waals surface area contributed by atoms with E-state index in [0.717, 1.165) is 11.1 Å². The zero-order chi connectivity index (χ0) is 17.2. The molecule has 0 amide bonds. The zero-order valence-electron chi connectivity index (χ0n) is 12.7. The van der Waals surface area contributed by atoms with Gasteiger partial charge in [-0.3, -0.25) is 0 Å². The third-order valence-electron chi connectivity index (χ3n) is 3.38. The number of aromatic nitrogens is 2. The van der Waals surface area contributed by atoms with E-state index in [9.17, 15) is 8.42 Å². The molecule has 0 aliphatic heterocycles. The smallest absolute Gasteiger partial charge is 0.248 e. The van der Waals surface area contributed by atoms with E-state index in [1.54, 1.807) is 12.1 Å². The SMILES string of the molecule is Cc1ccccc1-c1nnc(CNS(=O)(=O)c2ccccc2Cl)o1. The summed E-state index contributed by atoms with van der Waals surface area (Å²) in [5.74, 6) is 0.518. The van der Waals surface area contributed by atoms with Crippen molar-refractivity contribution in [2.24, 2.45) is 0 Å². The lowest BCUT2D eigenvalue weighted by Crippen LogP contribution is -2.23. The first kappa shape index (κ1) is 16.6. The van der Waals surface area contributed by atoms with Crippen LogP contribution in [0.25, 0.3) is 11.5 Å². The van der Waals surface area contributed by atoms with Crippen LogP contribution in [0, 0.1) is 6.92 Å². The van der Waals surface area contributed by atoms with Gasteiger partial charge in [0.2, 0.25) is 21.8 Å². The Morgan fingerprint density at radius 1 is 1.08 bits per heavy atom. The fourth-order valence-electron chi connectivity index (χ4n) is 2.14. The number of hydrogen-bond donors (Lipinski definition) is 1. The van der Waals surface area contributed by atoms with Crippen molar-refractivity contribution in [2.45, 2.75) is 18.4 Å². The van der Waals surface area contributed by atoms with E-state index in [0.29, 0.717) is 5.89 Å². The molecule has 124 valence electrons. The number of nitrogens with zero attached hydrogens (tertiary/aromatic N) is 2. The van der Waals surface area contributed by atoms with Crippen LogP contribution in [0.1, 0.15) is 11.5 Å². The zero-order valence-corrected chi connectivity index (χ0v) is 14.3. The number of aryl methyl sites for hydroxylation is 1. The minimum absolute atomic E-state index is 0.00492. The Balaban J connectivity index is 1.77. The molecule has 8 heteroatoms. The molecule has 0 radical (unpaired) electrons. The first-order valence-electron chi connectivity index (χ1n) is 7.10. The highest BCUT2D eigenvalue weighted by Crippen LogP contribution is 2.22. The van der Waals surface area contributed by atoms with Crippen molar-refractivity contribution in [3.8, 4) is 11.5 Å². The normalized spacial score (nSPS) is 11.6. The molecule has 3 aromatic rings.